The van der Waals surface area contributed by atoms with Gasteiger partial charge in [0.05, 0.1) is 0 Å². The molecule has 1 aliphatic heterocycles. The second-order valence-electron chi connectivity index (χ2n) is 2.01. The van der Waals surface area contributed by atoms with Crippen LogP contribution < -0.4 is 0 Å². The van der Waals surface area contributed by atoms with Crippen LogP contribution in [0.5, 0.6) is 0 Å². The third-order valence-corrected chi connectivity index (χ3v) is 1.28. The van der Waals surface area contributed by atoms with Crippen LogP contribution in [0, 0.1) is 0 Å². The molecule has 0 aromatic heterocycles. The SMILES string of the molecule is C=CC1=NCCC(C=O)O1. The normalized spacial score (nSPS) is 24.4. The number of carbonyl (C=O) groups excluding carboxylic acids is 1. The van der Waals surface area contributed by atoms with Gasteiger partial charge in [-0.2, -0.15) is 0 Å². The molecule has 3 nitrogen and oxygen atoms in total. The van der Waals surface area contributed by atoms with Crippen LogP contribution in [0.25, 0.3) is 0 Å². The van der Waals surface area contributed by atoms with Gasteiger partial charge in [-0.05, 0) is 6.08 Å². The van der Waals surface area contributed by atoms with Crippen molar-refractivity contribution in [3.8, 4) is 0 Å². The molecule has 0 saturated heterocycles. The zero-order valence-electron chi connectivity index (χ0n) is 5.62. The van der Waals surface area contributed by atoms with Gasteiger partial charge in [0.2, 0.25) is 5.90 Å². The first kappa shape index (κ1) is 6.99. The van der Waals surface area contributed by atoms with Crippen LogP contribution in [-0.2, 0) is 9.53 Å². The number of nitrogens with zero attached hydrogens (tertiary/aromatic N) is 1. The van der Waals surface area contributed by atoms with Crippen molar-refractivity contribution in [3.63, 3.8) is 0 Å². The van der Waals surface area contributed by atoms with Crippen LogP contribution in [0.15, 0.2) is 17.6 Å². The highest BCUT2D eigenvalue weighted by atomic mass is 16.5. The molecule has 1 atom stereocenters. The molecule has 0 amide bonds. The maximum atomic E-state index is 10.2. The second-order valence-corrected chi connectivity index (χ2v) is 2.01. The van der Waals surface area contributed by atoms with Gasteiger partial charge in [-0.1, -0.05) is 6.58 Å². The van der Waals surface area contributed by atoms with E-state index in [0.29, 0.717) is 18.9 Å². The van der Waals surface area contributed by atoms with Crippen LogP contribution in [0.3, 0.4) is 0 Å². The number of aldehydes is 1. The predicted octanol–water partition coefficient (Wildman–Crippen LogP) is 0.559. The summed E-state index contributed by atoms with van der Waals surface area (Å²) in [5, 5.41) is 0. The monoisotopic (exact) mass is 139 g/mol. The van der Waals surface area contributed by atoms with Gasteiger partial charge in [0.25, 0.3) is 0 Å². The van der Waals surface area contributed by atoms with Crippen LogP contribution in [0.1, 0.15) is 6.42 Å². The largest absolute Gasteiger partial charge is 0.467 e. The molecule has 0 N–H and O–H groups in total. The number of carbonyl (C=O) groups is 1. The van der Waals surface area contributed by atoms with Gasteiger partial charge < -0.3 is 4.74 Å². The summed E-state index contributed by atoms with van der Waals surface area (Å²) in [6.07, 6.45) is 2.67. The van der Waals surface area contributed by atoms with Crippen LogP contribution in [-0.4, -0.2) is 24.8 Å². The van der Waals surface area contributed by atoms with E-state index in [-0.39, 0.29) is 6.10 Å². The molecule has 1 rings (SSSR count). The van der Waals surface area contributed by atoms with Gasteiger partial charge in [0.15, 0.2) is 12.4 Å². The molecule has 0 aromatic rings. The molecule has 1 aliphatic rings. The molecule has 0 saturated carbocycles. The van der Waals surface area contributed by atoms with Crippen molar-refractivity contribution in [2.45, 2.75) is 12.5 Å². The highest BCUT2D eigenvalue weighted by Crippen LogP contribution is 2.04. The van der Waals surface area contributed by atoms with Crippen molar-refractivity contribution in [1.82, 2.24) is 0 Å². The van der Waals surface area contributed by atoms with E-state index in [1.807, 2.05) is 0 Å². The molecule has 1 unspecified atom stereocenters. The standard InChI is InChI=1S/C7H9NO2/c1-2-7-8-4-3-6(5-9)10-7/h2,5-6H,1,3-4H2. The average Bonchev–Trinajstić information content (AvgIpc) is 2.05. The molecular formula is C7H9NO2. The Kier molecular flexibility index (Phi) is 2.20. The van der Waals surface area contributed by atoms with E-state index in [1.54, 1.807) is 0 Å². The highest BCUT2D eigenvalue weighted by Gasteiger charge is 2.13. The molecule has 54 valence electrons. The fraction of sp³-hybridized carbons (Fsp3) is 0.429. The summed E-state index contributed by atoms with van der Waals surface area (Å²) >= 11 is 0. The predicted molar refractivity (Wildman–Crippen MR) is 38.1 cm³/mol. The fourth-order valence-electron chi connectivity index (χ4n) is 0.762. The number of hydrogen-bond acceptors (Lipinski definition) is 3. The van der Waals surface area contributed by atoms with Gasteiger partial charge >= 0.3 is 0 Å². The lowest BCUT2D eigenvalue weighted by molar-refractivity contribution is -0.114. The van der Waals surface area contributed by atoms with Crippen molar-refractivity contribution in [2.24, 2.45) is 4.99 Å². The van der Waals surface area contributed by atoms with E-state index in [0.717, 1.165) is 6.29 Å². The summed E-state index contributed by atoms with van der Waals surface area (Å²) in [5.74, 6) is 0.475. The highest BCUT2D eigenvalue weighted by molar-refractivity contribution is 5.88. The third-order valence-electron chi connectivity index (χ3n) is 1.28. The summed E-state index contributed by atoms with van der Waals surface area (Å²) in [6.45, 7) is 4.14. The molecule has 0 radical (unpaired) electrons. The van der Waals surface area contributed by atoms with Gasteiger partial charge in [-0.3, -0.25) is 9.79 Å². The van der Waals surface area contributed by atoms with E-state index in [4.69, 9.17) is 4.74 Å². The van der Waals surface area contributed by atoms with Crippen molar-refractivity contribution < 1.29 is 9.53 Å². The number of aliphatic imine (C=N–C) groups is 1. The Morgan fingerprint density at radius 2 is 2.60 bits per heavy atom. The molecule has 0 aliphatic carbocycles. The topological polar surface area (TPSA) is 38.7 Å². The van der Waals surface area contributed by atoms with Gasteiger partial charge in [-0.15, -0.1) is 0 Å². The number of hydrogen-bond donors (Lipinski definition) is 0. The molecule has 0 spiro atoms. The van der Waals surface area contributed by atoms with Crippen molar-refractivity contribution in [1.29, 1.82) is 0 Å². The molecule has 1 heterocycles. The van der Waals surface area contributed by atoms with Crippen LogP contribution >= 0.6 is 0 Å². The lowest BCUT2D eigenvalue weighted by Crippen LogP contribution is -2.23. The Balaban J connectivity index is 2.55. The Hall–Kier alpha value is -1.12. The first-order chi connectivity index (χ1) is 4.86. The minimum atomic E-state index is -0.314. The lowest BCUT2D eigenvalue weighted by atomic mass is 10.2. The summed E-state index contributed by atoms with van der Waals surface area (Å²) in [4.78, 5) is 14.2. The zero-order chi connectivity index (χ0) is 7.40. The second kappa shape index (κ2) is 3.15. The van der Waals surface area contributed by atoms with Gasteiger partial charge in [0.1, 0.15) is 0 Å². The number of rotatable bonds is 2. The third kappa shape index (κ3) is 1.43. The summed E-state index contributed by atoms with van der Waals surface area (Å²) < 4.78 is 5.05. The molecule has 0 bridgehead atoms. The molecule has 0 aromatic carbocycles. The Labute approximate surface area is 59.4 Å². The van der Waals surface area contributed by atoms with Crippen LogP contribution in [0.4, 0.5) is 0 Å². The molecular weight excluding hydrogens is 130 g/mol. The zero-order valence-corrected chi connectivity index (χ0v) is 5.62. The maximum absolute atomic E-state index is 10.2. The van der Waals surface area contributed by atoms with Gasteiger partial charge in [0, 0.05) is 13.0 Å². The fourth-order valence-corrected chi connectivity index (χ4v) is 0.762. The summed E-state index contributed by atoms with van der Waals surface area (Å²) in [5.41, 5.74) is 0. The first-order valence-electron chi connectivity index (χ1n) is 3.15. The van der Waals surface area contributed by atoms with Crippen LogP contribution in [0.2, 0.25) is 0 Å². The minimum Gasteiger partial charge on any atom is -0.467 e. The molecule has 0 fully saturated rings. The van der Waals surface area contributed by atoms with E-state index in [2.05, 4.69) is 11.6 Å². The first-order valence-corrected chi connectivity index (χ1v) is 3.15. The van der Waals surface area contributed by atoms with Crippen molar-refractivity contribution >= 4 is 12.2 Å². The van der Waals surface area contributed by atoms with E-state index >= 15 is 0 Å². The van der Waals surface area contributed by atoms with E-state index in [1.165, 1.54) is 6.08 Å². The summed E-state index contributed by atoms with van der Waals surface area (Å²) in [7, 11) is 0. The Morgan fingerprint density at radius 1 is 1.80 bits per heavy atom. The average molecular weight is 139 g/mol. The van der Waals surface area contributed by atoms with Crippen molar-refractivity contribution in [2.75, 3.05) is 6.54 Å². The van der Waals surface area contributed by atoms with Crippen molar-refractivity contribution in [3.05, 3.63) is 12.7 Å². The van der Waals surface area contributed by atoms with Gasteiger partial charge in [-0.25, -0.2) is 0 Å². The number of ether oxygens (including phenoxy) is 1. The lowest BCUT2D eigenvalue weighted by Gasteiger charge is -2.16. The Bertz CT molecular complexity index is 174. The molecule has 10 heavy (non-hydrogen) atoms. The smallest absolute Gasteiger partial charge is 0.208 e. The quantitative estimate of drug-likeness (QED) is 0.524. The summed E-state index contributed by atoms with van der Waals surface area (Å²) in [6, 6.07) is 0. The molecule has 3 heteroatoms. The Morgan fingerprint density at radius 3 is 3.20 bits per heavy atom. The van der Waals surface area contributed by atoms with E-state index < -0.39 is 0 Å². The maximum Gasteiger partial charge on any atom is 0.208 e. The minimum absolute atomic E-state index is 0.314. The van der Waals surface area contributed by atoms with E-state index in [9.17, 15) is 4.79 Å².